The molecule has 2 aromatic carbocycles. The van der Waals surface area contributed by atoms with Gasteiger partial charge in [0.1, 0.15) is 12.4 Å². The zero-order valence-corrected chi connectivity index (χ0v) is 15.6. The number of nitrogens with one attached hydrogen (secondary N) is 1. The molecule has 0 atom stereocenters. The van der Waals surface area contributed by atoms with Gasteiger partial charge >= 0.3 is 6.03 Å². The summed E-state index contributed by atoms with van der Waals surface area (Å²) >= 11 is 0. The number of rotatable bonds is 9. The molecule has 0 aliphatic rings. The molecule has 26 heavy (non-hydrogen) atoms. The zero-order chi connectivity index (χ0) is 18.8. The Kier molecular flexibility index (Phi) is 7.96. The van der Waals surface area contributed by atoms with Crippen molar-refractivity contribution >= 4 is 11.7 Å². The number of aliphatic hydroxyl groups is 1. The van der Waals surface area contributed by atoms with E-state index in [1.54, 1.807) is 4.90 Å². The van der Waals surface area contributed by atoms with Crippen molar-refractivity contribution in [2.45, 2.75) is 33.3 Å². The molecule has 0 aliphatic heterocycles. The van der Waals surface area contributed by atoms with Crippen molar-refractivity contribution in [1.29, 1.82) is 0 Å². The van der Waals surface area contributed by atoms with Crippen LogP contribution in [-0.4, -0.2) is 35.7 Å². The van der Waals surface area contributed by atoms with Gasteiger partial charge in [-0.05, 0) is 36.6 Å². The molecule has 0 heterocycles. The minimum absolute atomic E-state index is 0.0532. The Morgan fingerprint density at radius 3 is 2.62 bits per heavy atom. The van der Waals surface area contributed by atoms with Crippen LogP contribution in [0.3, 0.4) is 0 Å². The van der Waals surface area contributed by atoms with Crippen LogP contribution in [0.4, 0.5) is 10.5 Å². The highest BCUT2D eigenvalue weighted by atomic mass is 16.5. The number of urea groups is 1. The smallest absolute Gasteiger partial charge is 0.322 e. The monoisotopic (exact) mass is 356 g/mol. The maximum atomic E-state index is 12.6. The van der Waals surface area contributed by atoms with Gasteiger partial charge in [-0.1, -0.05) is 49.7 Å². The van der Waals surface area contributed by atoms with Gasteiger partial charge in [0.25, 0.3) is 0 Å². The van der Waals surface area contributed by atoms with Crippen LogP contribution in [0, 0.1) is 6.92 Å². The second kappa shape index (κ2) is 10.5. The highest BCUT2D eigenvalue weighted by Crippen LogP contribution is 2.27. The van der Waals surface area contributed by atoms with Gasteiger partial charge in [-0.15, -0.1) is 0 Å². The van der Waals surface area contributed by atoms with Crippen LogP contribution >= 0.6 is 0 Å². The molecule has 2 rings (SSSR count). The lowest BCUT2D eigenvalue weighted by atomic mass is 10.2. The average molecular weight is 356 g/mol. The first-order chi connectivity index (χ1) is 12.6. The van der Waals surface area contributed by atoms with Crippen LogP contribution in [-0.2, 0) is 6.61 Å². The standard InChI is InChI=1S/C21H28N2O3/c1-3-4-12-23(13-14-24)21(25)22-19-11-10-17(2)15-20(19)26-16-18-8-6-5-7-9-18/h5-11,15,24H,3-4,12-14,16H2,1-2H3,(H,22,25). The number of unbranched alkanes of at least 4 members (excludes halogenated alkanes) is 1. The number of carbonyl (C=O) groups is 1. The lowest BCUT2D eigenvalue weighted by molar-refractivity contribution is 0.187. The number of aryl methyl sites for hydroxylation is 1. The number of aliphatic hydroxyl groups excluding tert-OH is 1. The van der Waals surface area contributed by atoms with Gasteiger partial charge in [-0.3, -0.25) is 0 Å². The number of carbonyl (C=O) groups excluding carboxylic acids is 1. The minimum atomic E-state index is -0.221. The average Bonchev–Trinajstić information content (AvgIpc) is 2.66. The van der Waals surface area contributed by atoms with Crippen LogP contribution in [0.25, 0.3) is 0 Å². The molecule has 0 radical (unpaired) electrons. The number of nitrogens with zero attached hydrogens (tertiary/aromatic N) is 1. The Morgan fingerprint density at radius 2 is 1.92 bits per heavy atom. The first-order valence-electron chi connectivity index (χ1n) is 9.08. The van der Waals surface area contributed by atoms with Crippen LogP contribution < -0.4 is 10.1 Å². The third-order valence-corrected chi connectivity index (χ3v) is 4.05. The molecule has 0 bridgehead atoms. The first kappa shape index (κ1) is 19.8. The van der Waals surface area contributed by atoms with E-state index in [2.05, 4.69) is 12.2 Å². The van der Waals surface area contributed by atoms with Crippen molar-refractivity contribution in [3.63, 3.8) is 0 Å². The van der Waals surface area contributed by atoms with Gasteiger partial charge in [0.05, 0.1) is 12.3 Å². The first-order valence-corrected chi connectivity index (χ1v) is 9.08. The summed E-state index contributed by atoms with van der Waals surface area (Å²) in [5, 5.41) is 12.1. The molecule has 2 N–H and O–H groups in total. The molecular formula is C21H28N2O3. The molecule has 0 saturated carbocycles. The molecule has 0 aliphatic carbocycles. The lowest BCUT2D eigenvalue weighted by Gasteiger charge is -2.23. The highest BCUT2D eigenvalue weighted by molar-refractivity contribution is 5.91. The fourth-order valence-corrected chi connectivity index (χ4v) is 2.57. The van der Waals surface area contributed by atoms with Crippen molar-refractivity contribution in [2.24, 2.45) is 0 Å². The molecule has 0 fully saturated rings. The van der Waals surface area contributed by atoms with Gasteiger partial charge < -0.3 is 20.1 Å². The minimum Gasteiger partial charge on any atom is -0.487 e. The number of benzene rings is 2. The second-order valence-corrected chi connectivity index (χ2v) is 6.27. The van der Waals surface area contributed by atoms with E-state index in [-0.39, 0.29) is 12.6 Å². The van der Waals surface area contributed by atoms with Crippen molar-refractivity contribution < 1.29 is 14.6 Å². The predicted octanol–water partition coefficient (Wildman–Crippen LogP) is 4.20. The van der Waals surface area contributed by atoms with Gasteiger partial charge in [-0.25, -0.2) is 4.79 Å². The summed E-state index contributed by atoms with van der Waals surface area (Å²) in [6, 6.07) is 15.4. The summed E-state index contributed by atoms with van der Waals surface area (Å²) < 4.78 is 5.94. The molecule has 5 heteroatoms. The van der Waals surface area contributed by atoms with Gasteiger partial charge in [0.2, 0.25) is 0 Å². The molecule has 0 aromatic heterocycles. The normalized spacial score (nSPS) is 10.4. The van der Waals surface area contributed by atoms with Crippen LogP contribution in [0.1, 0.15) is 30.9 Å². The van der Waals surface area contributed by atoms with Gasteiger partial charge in [0, 0.05) is 13.1 Å². The Balaban J connectivity index is 2.08. The predicted molar refractivity (Wildman–Crippen MR) is 105 cm³/mol. The maximum absolute atomic E-state index is 12.6. The topological polar surface area (TPSA) is 61.8 Å². The molecule has 2 aromatic rings. The van der Waals surface area contributed by atoms with Crippen molar-refractivity contribution in [1.82, 2.24) is 4.90 Å². The SMILES string of the molecule is CCCCN(CCO)C(=O)Nc1ccc(C)cc1OCc1ccccc1. The molecule has 5 nitrogen and oxygen atoms in total. The third-order valence-electron chi connectivity index (χ3n) is 4.05. The van der Waals surface area contributed by atoms with Crippen LogP contribution in [0.2, 0.25) is 0 Å². The fourth-order valence-electron chi connectivity index (χ4n) is 2.57. The Morgan fingerprint density at radius 1 is 1.15 bits per heavy atom. The van der Waals surface area contributed by atoms with Crippen molar-refractivity contribution in [2.75, 3.05) is 25.0 Å². The van der Waals surface area contributed by atoms with E-state index in [9.17, 15) is 9.90 Å². The summed E-state index contributed by atoms with van der Waals surface area (Å²) in [4.78, 5) is 14.2. The van der Waals surface area contributed by atoms with E-state index >= 15 is 0 Å². The Labute approximate surface area is 155 Å². The number of hydrogen-bond acceptors (Lipinski definition) is 3. The molecule has 0 unspecified atom stereocenters. The number of amides is 2. The van der Waals surface area contributed by atoms with Crippen LogP contribution in [0.5, 0.6) is 5.75 Å². The quantitative estimate of drug-likeness (QED) is 0.708. The van der Waals surface area contributed by atoms with E-state index in [0.29, 0.717) is 31.1 Å². The van der Waals surface area contributed by atoms with E-state index < -0.39 is 0 Å². The van der Waals surface area contributed by atoms with Gasteiger partial charge in [0.15, 0.2) is 0 Å². The molecule has 0 spiro atoms. The summed E-state index contributed by atoms with van der Waals surface area (Å²) in [6.07, 6.45) is 1.89. The zero-order valence-electron chi connectivity index (χ0n) is 15.6. The Bertz CT molecular complexity index is 689. The number of anilines is 1. The number of ether oxygens (including phenoxy) is 1. The highest BCUT2D eigenvalue weighted by Gasteiger charge is 2.15. The van der Waals surface area contributed by atoms with Crippen LogP contribution in [0.15, 0.2) is 48.5 Å². The maximum Gasteiger partial charge on any atom is 0.322 e. The van der Waals surface area contributed by atoms with E-state index in [1.807, 2.05) is 55.5 Å². The Hall–Kier alpha value is -2.53. The molecule has 140 valence electrons. The third kappa shape index (κ3) is 6.08. The van der Waals surface area contributed by atoms with Crippen molar-refractivity contribution in [3.05, 3.63) is 59.7 Å². The van der Waals surface area contributed by atoms with Gasteiger partial charge in [-0.2, -0.15) is 0 Å². The van der Waals surface area contributed by atoms with E-state index in [4.69, 9.17) is 4.74 Å². The molecule has 2 amide bonds. The second-order valence-electron chi connectivity index (χ2n) is 6.27. The largest absolute Gasteiger partial charge is 0.487 e. The van der Waals surface area contributed by atoms with E-state index in [1.165, 1.54) is 0 Å². The molecule has 0 saturated heterocycles. The summed E-state index contributed by atoms with van der Waals surface area (Å²) in [6.45, 7) is 5.38. The van der Waals surface area contributed by atoms with E-state index in [0.717, 1.165) is 24.0 Å². The summed E-state index contributed by atoms with van der Waals surface area (Å²) in [7, 11) is 0. The fraction of sp³-hybridized carbons (Fsp3) is 0.381. The summed E-state index contributed by atoms with van der Waals surface area (Å²) in [5.74, 6) is 0.640. The number of hydrogen-bond donors (Lipinski definition) is 2. The summed E-state index contributed by atoms with van der Waals surface area (Å²) in [5.41, 5.74) is 2.76. The lowest BCUT2D eigenvalue weighted by Crippen LogP contribution is -2.37. The molecular weight excluding hydrogens is 328 g/mol. The van der Waals surface area contributed by atoms with Crippen molar-refractivity contribution in [3.8, 4) is 5.75 Å².